The zero-order valence-electron chi connectivity index (χ0n) is 10.9. The van der Waals surface area contributed by atoms with Crippen LogP contribution in [0.15, 0.2) is 18.2 Å². The van der Waals surface area contributed by atoms with Gasteiger partial charge in [-0.25, -0.2) is 0 Å². The second-order valence-corrected chi connectivity index (χ2v) is 6.07. The number of benzene rings is 1. The van der Waals surface area contributed by atoms with Crippen LogP contribution in [0.4, 0.5) is 0 Å². The van der Waals surface area contributed by atoms with Crippen LogP contribution in [0.3, 0.4) is 0 Å². The fourth-order valence-corrected chi connectivity index (χ4v) is 3.07. The Kier molecular flexibility index (Phi) is 5.09. The molecule has 1 aromatic rings. The van der Waals surface area contributed by atoms with Crippen molar-refractivity contribution in [3.05, 3.63) is 33.8 Å². The average molecular weight is 304 g/mol. The van der Waals surface area contributed by atoms with Crippen molar-refractivity contribution in [1.82, 2.24) is 4.90 Å². The first-order chi connectivity index (χ1) is 8.97. The molecule has 0 aliphatic carbocycles. The van der Waals surface area contributed by atoms with Crippen LogP contribution in [0.5, 0.6) is 0 Å². The topological polar surface area (TPSA) is 43.7 Å². The van der Waals surface area contributed by atoms with Crippen molar-refractivity contribution in [2.45, 2.75) is 25.6 Å². The summed E-state index contributed by atoms with van der Waals surface area (Å²) < 4.78 is 0. The van der Waals surface area contributed by atoms with E-state index in [1.165, 1.54) is 0 Å². The third-order valence-electron chi connectivity index (χ3n) is 3.74. The molecule has 1 aliphatic rings. The van der Waals surface area contributed by atoms with Gasteiger partial charge in [0.05, 0.1) is 12.2 Å². The molecule has 0 bridgehead atoms. The fourth-order valence-electron chi connectivity index (χ4n) is 2.54. The van der Waals surface area contributed by atoms with E-state index in [9.17, 15) is 10.2 Å². The Labute approximate surface area is 123 Å². The van der Waals surface area contributed by atoms with Crippen LogP contribution in [0.25, 0.3) is 0 Å². The van der Waals surface area contributed by atoms with Gasteiger partial charge in [-0.1, -0.05) is 29.3 Å². The summed E-state index contributed by atoms with van der Waals surface area (Å²) in [6.45, 7) is 4.07. The van der Waals surface area contributed by atoms with Crippen molar-refractivity contribution in [2.24, 2.45) is 5.92 Å². The highest BCUT2D eigenvalue weighted by Gasteiger charge is 2.27. The maximum atomic E-state index is 10.2. The Balaban J connectivity index is 1.96. The lowest BCUT2D eigenvalue weighted by Gasteiger charge is -2.21. The number of likely N-dealkylation sites (tertiary alicyclic amines) is 1. The lowest BCUT2D eigenvalue weighted by molar-refractivity contribution is 0.105. The molecule has 0 aromatic heterocycles. The van der Waals surface area contributed by atoms with Crippen LogP contribution in [0.2, 0.25) is 10.0 Å². The first-order valence-corrected chi connectivity index (χ1v) is 7.26. The summed E-state index contributed by atoms with van der Waals surface area (Å²) in [5.74, 6) is 0.299. The molecule has 1 aromatic carbocycles. The third kappa shape index (κ3) is 3.83. The smallest absolute Gasteiger partial charge is 0.0931 e. The molecular weight excluding hydrogens is 285 g/mol. The molecule has 1 aliphatic heterocycles. The van der Waals surface area contributed by atoms with Crippen LogP contribution < -0.4 is 0 Å². The zero-order valence-corrected chi connectivity index (χ0v) is 12.4. The highest BCUT2D eigenvalue weighted by Crippen LogP contribution is 2.28. The Hall–Kier alpha value is -0.320. The lowest BCUT2D eigenvalue weighted by Crippen LogP contribution is -2.28. The summed E-state index contributed by atoms with van der Waals surface area (Å²) in [6, 6.07) is 5.14. The largest absolute Gasteiger partial charge is 0.393 e. The minimum absolute atomic E-state index is 0.290. The Morgan fingerprint density at radius 2 is 2.11 bits per heavy atom. The van der Waals surface area contributed by atoms with E-state index < -0.39 is 6.10 Å². The third-order valence-corrected chi connectivity index (χ3v) is 4.31. The van der Waals surface area contributed by atoms with Crippen molar-refractivity contribution in [1.29, 1.82) is 0 Å². The second kappa shape index (κ2) is 6.42. The molecule has 106 valence electrons. The maximum absolute atomic E-state index is 10.2. The molecule has 2 rings (SSSR count). The van der Waals surface area contributed by atoms with Gasteiger partial charge in [0.2, 0.25) is 0 Å². The van der Waals surface area contributed by atoms with Crippen LogP contribution in [-0.4, -0.2) is 40.9 Å². The molecule has 5 heteroatoms. The van der Waals surface area contributed by atoms with Crippen LogP contribution in [-0.2, 0) is 0 Å². The van der Waals surface area contributed by atoms with Gasteiger partial charge in [-0.05, 0) is 37.9 Å². The van der Waals surface area contributed by atoms with Crippen molar-refractivity contribution >= 4 is 23.2 Å². The van der Waals surface area contributed by atoms with Crippen LogP contribution >= 0.6 is 23.2 Å². The molecule has 3 unspecified atom stereocenters. The summed E-state index contributed by atoms with van der Waals surface area (Å²) in [4.78, 5) is 2.16. The van der Waals surface area contributed by atoms with E-state index in [1.54, 1.807) is 18.2 Å². The first-order valence-electron chi connectivity index (χ1n) is 6.51. The number of nitrogens with zero attached hydrogens (tertiary/aromatic N) is 1. The highest BCUT2D eigenvalue weighted by atomic mass is 35.5. The van der Waals surface area contributed by atoms with Gasteiger partial charge in [0, 0.05) is 28.7 Å². The van der Waals surface area contributed by atoms with Gasteiger partial charge in [-0.3, -0.25) is 0 Å². The van der Waals surface area contributed by atoms with Gasteiger partial charge in [0.25, 0.3) is 0 Å². The van der Waals surface area contributed by atoms with Crippen molar-refractivity contribution in [2.75, 3.05) is 19.6 Å². The molecule has 2 N–H and O–H groups in total. The van der Waals surface area contributed by atoms with Crippen molar-refractivity contribution in [3.63, 3.8) is 0 Å². The van der Waals surface area contributed by atoms with E-state index in [1.807, 2.05) is 6.92 Å². The quantitative estimate of drug-likeness (QED) is 0.899. The van der Waals surface area contributed by atoms with Gasteiger partial charge in [-0.15, -0.1) is 0 Å². The van der Waals surface area contributed by atoms with E-state index in [-0.39, 0.29) is 6.10 Å². The Bertz CT molecular complexity index is 439. The molecule has 1 saturated heterocycles. The molecular formula is C14H19Cl2NO2. The molecule has 19 heavy (non-hydrogen) atoms. The monoisotopic (exact) mass is 303 g/mol. The van der Waals surface area contributed by atoms with E-state index in [4.69, 9.17) is 23.2 Å². The van der Waals surface area contributed by atoms with Gasteiger partial charge >= 0.3 is 0 Å². The average Bonchev–Trinajstić information content (AvgIpc) is 2.77. The molecule has 0 radical (unpaired) electrons. The zero-order chi connectivity index (χ0) is 14.0. The predicted molar refractivity (Wildman–Crippen MR) is 77.6 cm³/mol. The summed E-state index contributed by atoms with van der Waals surface area (Å²) >= 11 is 11.9. The fraction of sp³-hybridized carbons (Fsp3) is 0.571. The number of rotatable bonds is 4. The first kappa shape index (κ1) is 15.1. The SMILES string of the molecule is CC(O)C1CCN(CC(O)c2ccc(Cl)cc2Cl)C1. The minimum Gasteiger partial charge on any atom is -0.393 e. The highest BCUT2D eigenvalue weighted by molar-refractivity contribution is 6.35. The van der Waals surface area contributed by atoms with E-state index in [0.717, 1.165) is 19.5 Å². The lowest BCUT2D eigenvalue weighted by atomic mass is 10.0. The molecule has 0 saturated carbocycles. The molecule has 3 nitrogen and oxygen atoms in total. The van der Waals surface area contributed by atoms with Crippen LogP contribution in [0, 0.1) is 5.92 Å². The van der Waals surface area contributed by atoms with Crippen molar-refractivity contribution < 1.29 is 10.2 Å². The van der Waals surface area contributed by atoms with E-state index in [0.29, 0.717) is 28.1 Å². The molecule has 3 atom stereocenters. The second-order valence-electron chi connectivity index (χ2n) is 5.23. The Morgan fingerprint density at radius 3 is 2.68 bits per heavy atom. The molecule has 1 heterocycles. The van der Waals surface area contributed by atoms with E-state index in [2.05, 4.69) is 4.90 Å². The summed E-state index contributed by atoms with van der Waals surface area (Å²) in [6.07, 6.45) is 0.0532. The van der Waals surface area contributed by atoms with Gasteiger partial charge in [-0.2, -0.15) is 0 Å². The van der Waals surface area contributed by atoms with Crippen molar-refractivity contribution in [3.8, 4) is 0 Å². The van der Waals surface area contributed by atoms with Gasteiger partial charge in [0.15, 0.2) is 0 Å². The predicted octanol–water partition coefficient (Wildman–Crippen LogP) is 2.73. The standard InChI is InChI=1S/C14H19Cl2NO2/c1-9(18)10-4-5-17(7-10)8-14(19)12-3-2-11(15)6-13(12)16/h2-3,6,9-10,14,18-19H,4-5,7-8H2,1H3. The maximum Gasteiger partial charge on any atom is 0.0931 e. The summed E-state index contributed by atoms with van der Waals surface area (Å²) in [5.41, 5.74) is 0.701. The number of aliphatic hydroxyl groups excluding tert-OH is 2. The van der Waals surface area contributed by atoms with E-state index >= 15 is 0 Å². The normalized spacial score (nSPS) is 23.5. The Morgan fingerprint density at radius 1 is 1.37 bits per heavy atom. The summed E-state index contributed by atoms with van der Waals surface area (Å²) in [7, 11) is 0. The number of β-amino-alcohol motifs (C(OH)–C–C–N with tert-alkyl or cyclic N) is 1. The van der Waals surface area contributed by atoms with Crippen LogP contribution in [0.1, 0.15) is 25.0 Å². The minimum atomic E-state index is -0.627. The molecule has 1 fully saturated rings. The molecule has 0 amide bonds. The molecule has 0 spiro atoms. The van der Waals surface area contributed by atoms with Gasteiger partial charge in [0.1, 0.15) is 0 Å². The number of aliphatic hydroxyl groups is 2. The number of halogens is 2. The number of hydrogen-bond acceptors (Lipinski definition) is 3. The summed E-state index contributed by atoms with van der Waals surface area (Å²) in [5, 5.41) is 20.9. The number of hydrogen-bond donors (Lipinski definition) is 2. The van der Waals surface area contributed by atoms with Gasteiger partial charge < -0.3 is 15.1 Å².